The zero-order valence-electron chi connectivity index (χ0n) is 15.4. The molecule has 5 rings (SSSR count). The Morgan fingerprint density at radius 2 is 2.04 bits per heavy atom. The second-order valence-electron chi connectivity index (χ2n) is 8.00. The van der Waals surface area contributed by atoms with Crippen LogP contribution in [0.2, 0.25) is 5.02 Å². The van der Waals surface area contributed by atoms with Crippen molar-refractivity contribution in [1.29, 1.82) is 0 Å². The molecule has 1 fully saturated rings. The van der Waals surface area contributed by atoms with Gasteiger partial charge in [-0.05, 0) is 69.5 Å². The van der Waals surface area contributed by atoms with Gasteiger partial charge in [0.1, 0.15) is 5.82 Å². The van der Waals surface area contributed by atoms with Crippen LogP contribution in [0.5, 0.6) is 0 Å². The van der Waals surface area contributed by atoms with E-state index in [-0.39, 0.29) is 5.56 Å². The molecular formula is C21H21ClN4O. The highest BCUT2D eigenvalue weighted by Gasteiger charge is 2.40. The number of piperidine rings is 1. The molecule has 0 aliphatic carbocycles. The number of hydrogen-bond donors (Lipinski definition) is 1. The van der Waals surface area contributed by atoms with Crippen molar-refractivity contribution in [3.05, 3.63) is 62.9 Å². The molecule has 1 saturated heterocycles. The van der Waals surface area contributed by atoms with E-state index >= 15 is 0 Å². The minimum Gasteiger partial charge on any atom is -0.317 e. The Hall–Kier alpha value is -2.24. The predicted molar refractivity (Wildman–Crippen MR) is 107 cm³/mol. The van der Waals surface area contributed by atoms with Crippen molar-refractivity contribution >= 4 is 22.5 Å². The Kier molecular flexibility index (Phi) is 3.68. The molecule has 0 saturated carbocycles. The molecule has 0 unspecified atom stereocenters. The number of nitrogens with zero attached hydrogens (tertiary/aromatic N) is 3. The van der Waals surface area contributed by atoms with Crippen LogP contribution in [0, 0.1) is 0 Å². The number of aromatic nitrogens is 3. The molecule has 2 aliphatic heterocycles. The molecule has 0 spiro atoms. The number of nitrogens with one attached hydrogen (secondary N) is 1. The van der Waals surface area contributed by atoms with E-state index in [9.17, 15) is 4.79 Å². The predicted octanol–water partition coefficient (Wildman–Crippen LogP) is 3.54. The maximum absolute atomic E-state index is 12.7. The molecule has 6 heteroatoms. The van der Waals surface area contributed by atoms with Crippen molar-refractivity contribution in [2.75, 3.05) is 13.1 Å². The van der Waals surface area contributed by atoms with Gasteiger partial charge in [-0.15, -0.1) is 0 Å². The standard InChI is InChI=1S/C21H21ClN4O/c1-21(2)18-16(10-13(11-24-18)12-6-8-23-9-7-12)26-15-5-3-4-14(22)17(15)19(27)25-20(21)26/h3-5,10-12,23H,6-9H2,1-2H3. The van der Waals surface area contributed by atoms with Gasteiger partial charge in [-0.2, -0.15) is 4.98 Å². The molecule has 27 heavy (non-hydrogen) atoms. The normalized spacial score (nSPS) is 18.5. The van der Waals surface area contributed by atoms with Crippen LogP contribution in [0.3, 0.4) is 0 Å². The Bertz CT molecular complexity index is 1130. The van der Waals surface area contributed by atoms with Gasteiger partial charge in [0.2, 0.25) is 0 Å². The summed E-state index contributed by atoms with van der Waals surface area (Å²) in [6, 6.07) is 7.80. The maximum Gasteiger partial charge on any atom is 0.282 e. The van der Waals surface area contributed by atoms with E-state index in [1.165, 1.54) is 5.56 Å². The number of benzene rings is 1. The lowest BCUT2D eigenvalue weighted by Gasteiger charge is -2.23. The van der Waals surface area contributed by atoms with E-state index in [2.05, 4.69) is 34.8 Å². The summed E-state index contributed by atoms with van der Waals surface area (Å²) in [6.07, 6.45) is 4.24. The first-order chi connectivity index (χ1) is 13.0. The molecule has 1 N–H and O–H groups in total. The van der Waals surface area contributed by atoms with Gasteiger partial charge in [0.15, 0.2) is 0 Å². The van der Waals surface area contributed by atoms with Gasteiger partial charge in [-0.1, -0.05) is 17.7 Å². The van der Waals surface area contributed by atoms with E-state index in [4.69, 9.17) is 16.6 Å². The summed E-state index contributed by atoms with van der Waals surface area (Å²) in [5, 5.41) is 4.33. The van der Waals surface area contributed by atoms with Gasteiger partial charge >= 0.3 is 0 Å². The smallest absolute Gasteiger partial charge is 0.282 e. The van der Waals surface area contributed by atoms with E-state index < -0.39 is 5.41 Å². The largest absolute Gasteiger partial charge is 0.317 e. The van der Waals surface area contributed by atoms with E-state index in [1.807, 2.05) is 18.3 Å². The molecule has 2 aromatic heterocycles. The Balaban J connectivity index is 1.81. The Morgan fingerprint density at radius 3 is 2.81 bits per heavy atom. The molecule has 0 radical (unpaired) electrons. The van der Waals surface area contributed by atoms with Crippen LogP contribution in [0.4, 0.5) is 0 Å². The van der Waals surface area contributed by atoms with E-state index in [0.717, 1.165) is 48.7 Å². The molecule has 0 atom stereocenters. The molecular weight excluding hydrogens is 360 g/mol. The molecule has 1 aromatic carbocycles. The summed E-state index contributed by atoms with van der Waals surface area (Å²) in [5.41, 5.74) is 3.32. The highest BCUT2D eigenvalue weighted by molar-refractivity contribution is 6.35. The molecule has 4 heterocycles. The first-order valence-electron chi connectivity index (χ1n) is 9.42. The Morgan fingerprint density at radius 1 is 1.26 bits per heavy atom. The van der Waals surface area contributed by atoms with Gasteiger partial charge in [0.05, 0.1) is 32.7 Å². The average molecular weight is 381 g/mol. The number of halogens is 1. The third-order valence-corrected chi connectivity index (χ3v) is 6.27. The molecule has 3 aromatic rings. The monoisotopic (exact) mass is 380 g/mol. The highest BCUT2D eigenvalue weighted by Crippen LogP contribution is 2.43. The van der Waals surface area contributed by atoms with Crippen molar-refractivity contribution < 1.29 is 0 Å². The number of pyridine rings is 1. The fraction of sp³-hybridized carbons (Fsp3) is 0.381. The van der Waals surface area contributed by atoms with Crippen LogP contribution in [-0.2, 0) is 5.41 Å². The topological polar surface area (TPSA) is 59.8 Å². The first kappa shape index (κ1) is 16.9. The van der Waals surface area contributed by atoms with Gasteiger partial charge < -0.3 is 5.32 Å². The lowest BCUT2D eigenvalue weighted by Crippen LogP contribution is -2.26. The average Bonchev–Trinajstić information content (AvgIpc) is 2.89. The SMILES string of the molecule is CC1(C)c2ncc(C3CCNCC3)cc2-n2c1nc(=O)c1c(Cl)cccc12. The molecule has 0 amide bonds. The number of hydrogen-bond acceptors (Lipinski definition) is 4. The summed E-state index contributed by atoms with van der Waals surface area (Å²) in [5.74, 6) is 1.24. The van der Waals surface area contributed by atoms with Crippen LogP contribution in [-0.4, -0.2) is 27.6 Å². The highest BCUT2D eigenvalue weighted by atomic mass is 35.5. The molecule has 2 aliphatic rings. The summed E-state index contributed by atoms with van der Waals surface area (Å²) < 4.78 is 2.08. The second-order valence-corrected chi connectivity index (χ2v) is 8.40. The third-order valence-electron chi connectivity index (χ3n) is 5.96. The fourth-order valence-corrected chi connectivity index (χ4v) is 4.75. The summed E-state index contributed by atoms with van der Waals surface area (Å²) >= 11 is 6.34. The lowest BCUT2D eigenvalue weighted by atomic mass is 9.87. The van der Waals surface area contributed by atoms with Crippen molar-refractivity contribution in [3.8, 4) is 5.69 Å². The van der Waals surface area contributed by atoms with E-state index in [0.29, 0.717) is 16.3 Å². The zero-order valence-corrected chi connectivity index (χ0v) is 16.2. The van der Waals surface area contributed by atoms with Gasteiger partial charge in [0.25, 0.3) is 5.56 Å². The lowest BCUT2D eigenvalue weighted by molar-refractivity contribution is 0.459. The first-order valence-corrected chi connectivity index (χ1v) is 9.79. The van der Waals surface area contributed by atoms with Crippen molar-refractivity contribution in [3.63, 3.8) is 0 Å². The quantitative estimate of drug-likeness (QED) is 0.701. The molecule has 0 bridgehead atoms. The van der Waals surface area contributed by atoms with Gasteiger partial charge in [-0.25, -0.2) is 0 Å². The number of fused-ring (bicyclic) bond motifs is 5. The van der Waals surface area contributed by atoms with Crippen LogP contribution >= 0.6 is 11.6 Å². The van der Waals surface area contributed by atoms with Gasteiger partial charge in [-0.3, -0.25) is 14.3 Å². The van der Waals surface area contributed by atoms with Crippen LogP contribution in [0.25, 0.3) is 16.6 Å². The molecule has 5 nitrogen and oxygen atoms in total. The number of rotatable bonds is 1. The van der Waals surface area contributed by atoms with Crippen molar-refractivity contribution in [2.45, 2.75) is 38.0 Å². The minimum absolute atomic E-state index is 0.277. The maximum atomic E-state index is 12.7. The van der Waals surface area contributed by atoms with Crippen molar-refractivity contribution in [1.82, 2.24) is 19.9 Å². The second kappa shape index (κ2) is 5.88. The minimum atomic E-state index is -0.433. The summed E-state index contributed by atoms with van der Waals surface area (Å²) in [7, 11) is 0. The fourth-order valence-electron chi connectivity index (χ4n) is 4.50. The van der Waals surface area contributed by atoms with Crippen LogP contribution in [0.1, 0.15) is 49.7 Å². The molecule has 138 valence electrons. The Labute approximate surface area is 162 Å². The van der Waals surface area contributed by atoms with E-state index in [1.54, 1.807) is 6.07 Å². The van der Waals surface area contributed by atoms with Crippen molar-refractivity contribution in [2.24, 2.45) is 0 Å². The van der Waals surface area contributed by atoms with Gasteiger partial charge in [0, 0.05) is 6.20 Å². The third kappa shape index (κ3) is 2.38. The summed E-state index contributed by atoms with van der Waals surface area (Å²) in [6.45, 7) is 6.22. The zero-order chi connectivity index (χ0) is 18.8. The van der Waals surface area contributed by atoms with Crippen LogP contribution in [0.15, 0.2) is 35.3 Å². The summed E-state index contributed by atoms with van der Waals surface area (Å²) in [4.78, 5) is 21.9. The van der Waals surface area contributed by atoms with Crippen LogP contribution < -0.4 is 10.9 Å².